The highest BCUT2D eigenvalue weighted by molar-refractivity contribution is 6.83. The van der Waals surface area contributed by atoms with Crippen molar-refractivity contribution in [1.29, 1.82) is 0 Å². The summed E-state index contributed by atoms with van der Waals surface area (Å²) < 4.78 is 6.34. The summed E-state index contributed by atoms with van der Waals surface area (Å²) in [4.78, 5) is 2.42. The molecule has 2 aromatic rings. The zero-order valence-corrected chi connectivity index (χ0v) is 22.6. The molecule has 172 valence electrons. The van der Waals surface area contributed by atoms with Crippen LogP contribution in [0.3, 0.4) is 0 Å². The number of benzene rings is 2. The van der Waals surface area contributed by atoms with Gasteiger partial charge in [-0.05, 0) is 40.5 Å². The van der Waals surface area contributed by atoms with Crippen molar-refractivity contribution in [2.75, 3.05) is 13.3 Å². The van der Waals surface area contributed by atoms with E-state index in [1.54, 1.807) is 0 Å². The first kappa shape index (κ1) is 24.6. The molecule has 0 aromatic heterocycles. The second-order valence-corrected chi connectivity index (χ2v) is 17.0. The van der Waals surface area contributed by atoms with Gasteiger partial charge in [0.05, 0.1) is 0 Å². The van der Waals surface area contributed by atoms with Crippen LogP contribution < -0.4 is 4.74 Å². The van der Waals surface area contributed by atoms with Gasteiger partial charge in [-0.3, -0.25) is 4.90 Å². The highest BCUT2D eigenvalue weighted by Gasteiger charge is 2.29. The number of rotatable bonds is 3. The molecule has 0 amide bonds. The minimum absolute atomic E-state index is 0.0631. The summed E-state index contributed by atoms with van der Waals surface area (Å²) in [7, 11) is -1.33. The van der Waals surface area contributed by atoms with Crippen molar-refractivity contribution in [1.82, 2.24) is 4.90 Å². The molecule has 3 rings (SSSR count). The van der Waals surface area contributed by atoms with Gasteiger partial charge in [0.2, 0.25) is 0 Å². The molecule has 2 aromatic carbocycles. The Morgan fingerprint density at radius 3 is 2.16 bits per heavy atom. The highest BCUT2D eigenvalue weighted by atomic mass is 28.3. The SMILES string of the molecule is CC(C)(C)c1cc2c(c(C(C)(C)C)c1)OCN(CCc1ccc(C#C[Si](C)(C)C)cc1)C2. The third-order valence-corrected chi connectivity index (χ3v) is 6.75. The predicted octanol–water partition coefficient (Wildman–Crippen LogP) is 6.91. The van der Waals surface area contributed by atoms with Crippen LogP contribution >= 0.6 is 0 Å². The zero-order valence-electron chi connectivity index (χ0n) is 21.6. The van der Waals surface area contributed by atoms with Crippen LogP contribution in [0, 0.1) is 11.5 Å². The molecule has 0 saturated carbocycles. The molecular formula is C29H41NOSi. The van der Waals surface area contributed by atoms with E-state index in [4.69, 9.17) is 4.74 Å². The smallest absolute Gasteiger partial charge is 0.142 e. The fourth-order valence-corrected chi connectivity index (χ4v) is 4.37. The molecule has 1 heterocycles. The van der Waals surface area contributed by atoms with Gasteiger partial charge in [0.25, 0.3) is 0 Å². The van der Waals surface area contributed by atoms with Crippen LogP contribution in [-0.2, 0) is 23.8 Å². The van der Waals surface area contributed by atoms with Gasteiger partial charge in [0.15, 0.2) is 0 Å². The molecule has 0 fully saturated rings. The molecule has 0 N–H and O–H groups in total. The maximum absolute atomic E-state index is 6.34. The van der Waals surface area contributed by atoms with E-state index in [1.165, 1.54) is 22.3 Å². The summed E-state index contributed by atoms with van der Waals surface area (Å²) in [5.41, 5.74) is 10.1. The van der Waals surface area contributed by atoms with Crippen molar-refractivity contribution in [2.24, 2.45) is 0 Å². The van der Waals surface area contributed by atoms with E-state index in [9.17, 15) is 0 Å². The first-order valence-corrected chi connectivity index (χ1v) is 15.4. The van der Waals surface area contributed by atoms with E-state index >= 15 is 0 Å². The van der Waals surface area contributed by atoms with E-state index in [2.05, 4.69) is 114 Å². The lowest BCUT2D eigenvalue weighted by Crippen LogP contribution is -2.35. The molecule has 1 aliphatic rings. The molecule has 1 aliphatic heterocycles. The summed E-state index contributed by atoms with van der Waals surface area (Å²) in [6.07, 6.45) is 1.02. The van der Waals surface area contributed by atoms with Crippen LogP contribution in [0.2, 0.25) is 19.6 Å². The summed E-state index contributed by atoms with van der Waals surface area (Å²) in [5.74, 6) is 4.45. The quantitative estimate of drug-likeness (QED) is 0.374. The number of hydrogen-bond acceptors (Lipinski definition) is 2. The van der Waals surface area contributed by atoms with Crippen LogP contribution in [0.15, 0.2) is 36.4 Å². The van der Waals surface area contributed by atoms with Crippen molar-refractivity contribution < 1.29 is 4.74 Å². The Labute approximate surface area is 197 Å². The maximum Gasteiger partial charge on any atom is 0.142 e. The number of nitrogens with zero attached hydrogens (tertiary/aromatic N) is 1. The van der Waals surface area contributed by atoms with Crippen molar-refractivity contribution in [3.05, 3.63) is 64.2 Å². The second-order valence-electron chi connectivity index (χ2n) is 12.3. The average molecular weight is 448 g/mol. The van der Waals surface area contributed by atoms with E-state index in [0.29, 0.717) is 6.73 Å². The Hall–Kier alpha value is -2.02. The van der Waals surface area contributed by atoms with Gasteiger partial charge < -0.3 is 4.74 Å². The molecular weight excluding hydrogens is 406 g/mol. The number of hydrogen-bond donors (Lipinski definition) is 0. The molecule has 0 spiro atoms. The van der Waals surface area contributed by atoms with Crippen LogP contribution in [0.4, 0.5) is 0 Å². The minimum atomic E-state index is -1.33. The Kier molecular flexibility index (Phi) is 6.99. The normalized spacial score (nSPS) is 14.9. The Balaban J connectivity index is 1.72. The molecule has 0 radical (unpaired) electrons. The van der Waals surface area contributed by atoms with Gasteiger partial charge in [-0.15, -0.1) is 5.54 Å². The summed E-state index contributed by atoms with van der Waals surface area (Å²) in [5, 5.41) is 0. The van der Waals surface area contributed by atoms with Gasteiger partial charge in [0, 0.05) is 29.8 Å². The Bertz CT molecular complexity index is 1010. The zero-order chi connectivity index (χ0) is 23.7. The van der Waals surface area contributed by atoms with Crippen molar-refractivity contribution in [3.8, 4) is 17.2 Å². The summed E-state index contributed by atoms with van der Waals surface area (Å²) in [6, 6.07) is 13.5. The van der Waals surface area contributed by atoms with Crippen molar-refractivity contribution in [2.45, 2.75) is 85.0 Å². The fraction of sp³-hybridized carbons (Fsp3) is 0.517. The van der Waals surface area contributed by atoms with Crippen molar-refractivity contribution in [3.63, 3.8) is 0 Å². The Morgan fingerprint density at radius 1 is 0.938 bits per heavy atom. The van der Waals surface area contributed by atoms with Crippen LogP contribution in [0.25, 0.3) is 0 Å². The number of ether oxygens (including phenoxy) is 1. The van der Waals surface area contributed by atoms with Gasteiger partial charge in [-0.25, -0.2) is 0 Å². The summed E-state index contributed by atoms with van der Waals surface area (Å²) >= 11 is 0. The summed E-state index contributed by atoms with van der Waals surface area (Å²) in [6.45, 7) is 23.2. The van der Waals surface area contributed by atoms with Gasteiger partial charge >= 0.3 is 0 Å². The fourth-order valence-electron chi connectivity index (χ4n) is 3.85. The monoisotopic (exact) mass is 447 g/mol. The Morgan fingerprint density at radius 2 is 1.59 bits per heavy atom. The molecule has 0 atom stereocenters. The third-order valence-electron chi connectivity index (χ3n) is 5.88. The topological polar surface area (TPSA) is 12.5 Å². The van der Waals surface area contributed by atoms with Gasteiger partial charge in [-0.2, -0.15) is 0 Å². The van der Waals surface area contributed by atoms with E-state index in [-0.39, 0.29) is 10.8 Å². The molecule has 0 saturated heterocycles. The van der Waals surface area contributed by atoms with Gasteiger partial charge in [0.1, 0.15) is 20.6 Å². The molecule has 0 bridgehead atoms. The van der Waals surface area contributed by atoms with Crippen LogP contribution in [0.1, 0.15) is 69.4 Å². The van der Waals surface area contributed by atoms with E-state index in [0.717, 1.165) is 30.8 Å². The standard InChI is InChI=1S/C29H41NOSi/c1-28(2,3)25-18-24-20-30(21-31-27(24)26(19-25)29(4,5)6)16-14-22-10-12-23(13-11-22)15-17-32(7,8)9/h10-13,18-19H,14,16,20-21H2,1-9H3. The van der Waals surface area contributed by atoms with E-state index < -0.39 is 8.07 Å². The highest BCUT2D eigenvalue weighted by Crippen LogP contribution is 2.40. The lowest BCUT2D eigenvalue weighted by atomic mass is 9.78. The van der Waals surface area contributed by atoms with Gasteiger partial charge in [-0.1, -0.05) is 91.4 Å². The van der Waals surface area contributed by atoms with Crippen LogP contribution in [-0.4, -0.2) is 26.2 Å². The van der Waals surface area contributed by atoms with Crippen molar-refractivity contribution >= 4 is 8.07 Å². The maximum atomic E-state index is 6.34. The lowest BCUT2D eigenvalue weighted by Gasteiger charge is -2.35. The van der Waals surface area contributed by atoms with E-state index in [1.807, 2.05) is 0 Å². The van der Waals surface area contributed by atoms with Crippen LogP contribution in [0.5, 0.6) is 5.75 Å². The molecule has 2 nitrogen and oxygen atoms in total. The average Bonchev–Trinajstić information content (AvgIpc) is 2.68. The lowest BCUT2D eigenvalue weighted by molar-refractivity contribution is 0.0941. The first-order chi connectivity index (χ1) is 14.7. The first-order valence-electron chi connectivity index (χ1n) is 11.9. The second kappa shape index (κ2) is 9.08. The predicted molar refractivity (Wildman–Crippen MR) is 140 cm³/mol. The molecule has 0 unspecified atom stereocenters. The largest absolute Gasteiger partial charge is 0.477 e. The molecule has 32 heavy (non-hydrogen) atoms. The molecule has 0 aliphatic carbocycles. The number of fused-ring (bicyclic) bond motifs is 1. The molecule has 3 heteroatoms. The third kappa shape index (κ3) is 6.50. The minimum Gasteiger partial charge on any atom is -0.477 e.